The predicted molar refractivity (Wildman–Crippen MR) is 79.6 cm³/mol. The summed E-state index contributed by atoms with van der Waals surface area (Å²) < 4.78 is 10.4. The molecule has 0 saturated carbocycles. The summed E-state index contributed by atoms with van der Waals surface area (Å²) in [4.78, 5) is 4.38. The number of aliphatic imine (C=N–C) groups is 1. The number of aromatic hydroxyl groups is 1. The van der Waals surface area contributed by atoms with Gasteiger partial charge in [0.05, 0.1) is 14.2 Å². The number of nitrogens with zero attached hydrogens (tertiary/aromatic N) is 1. The molecule has 20 heavy (non-hydrogen) atoms. The van der Waals surface area contributed by atoms with E-state index < -0.39 is 0 Å². The fourth-order valence-electron chi connectivity index (χ4n) is 1.80. The number of aryl methyl sites for hydroxylation is 1. The summed E-state index contributed by atoms with van der Waals surface area (Å²) in [6.07, 6.45) is 1.59. The third-order valence-electron chi connectivity index (χ3n) is 2.91. The maximum atomic E-state index is 9.81. The maximum Gasteiger partial charge on any atom is 0.144 e. The Morgan fingerprint density at radius 2 is 1.85 bits per heavy atom. The zero-order valence-electron chi connectivity index (χ0n) is 11.8. The Bertz CT molecular complexity index is 636. The van der Waals surface area contributed by atoms with E-state index in [0.717, 1.165) is 11.3 Å². The average molecular weight is 271 g/mol. The lowest BCUT2D eigenvalue weighted by Gasteiger charge is -2.06. The van der Waals surface area contributed by atoms with Gasteiger partial charge in [-0.25, -0.2) is 0 Å². The van der Waals surface area contributed by atoms with Crippen molar-refractivity contribution >= 4 is 11.9 Å². The number of ether oxygens (including phenoxy) is 2. The van der Waals surface area contributed by atoms with Crippen LogP contribution < -0.4 is 9.47 Å². The summed E-state index contributed by atoms with van der Waals surface area (Å²) in [6, 6.07) is 10.7. The van der Waals surface area contributed by atoms with Crippen molar-refractivity contribution in [2.45, 2.75) is 6.92 Å². The molecule has 0 amide bonds. The van der Waals surface area contributed by atoms with E-state index in [2.05, 4.69) is 4.99 Å². The van der Waals surface area contributed by atoms with Gasteiger partial charge in [0, 0.05) is 11.8 Å². The van der Waals surface area contributed by atoms with Crippen LogP contribution in [-0.2, 0) is 0 Å². The molecule has 0 aliphatic rings. The molecule has 0 spiro atoms. The van der Waals surface area contributed by atoms with Crippen molar-refractivity contribution in [3.05, 3.63) is 47.5 Å². The van der Waals surface area contributed by atoms with Gasteiger partial charge >= 0.3 is 0 Å². The van der Waals surface area contributed by atoms with Crippen molar-refractivity contribution < 1.29 is 14.6 Å². The highest BCUT2D eigenvalue weighted by Gasteiger charge is 2.03. The first kappa shape index (κ1) is 13.9. The van der Waals surface area contributed by atoms with Crippen LogP contribution in [0.5, 0.6) is 17.2 Å². The van der Waals surface area contributed by atoms with Crippen LogP contribution in [0.1, 0.15) is 11.1 Å². The lowest BCUT2D eigenvalue weighted by Crippen LogP contribution is -1.88. The molecule has 0 aromatic heterocycles. The van der Waals surface area contributed by atoms with E-state index in [0.29, 0.717) is 17.1 Å². The first-order valence-corrected chi connectivity index (χ1v) is 6.19. The standard InChI is InChI=1S/C16H17NO3/c1-11-4-7-16(20-3)14(8-11)17-10-12-9-13(19-2)5-6-15(12)18/h4-10,18H,1-3H3. The van der Waals surface area contributed by atoms with Crippen LogP contribution >= 0.6 is 0 Å². The third-order valence-corrected chi connectivity index (χ3v) is 2.91. The molecule has 2 aromatic rings. The number of phenolic OH excluding ortho intramolecular Hbond substituents is 1. The quantitative estimate of drug-likeness (QED) is 0.866. The van der Waals surface area contributed by atoms with Crippen molar-refractivity contribution in [3.8, 4) is 17.2 Å². The van der Waals surface area contributed by atoms with Gasteiger partial charge in [-0.2, -0.15) is 0 Å². The largest absolute Gasteiger partial charge is 0.507 e. The van der Waals surface area contributed by atoms with Crippen LogP contribution in [-0.4, -0.2) is 25.5 Å². The lowest BCUT2D eigenvalue weighted by atomic mass is 10.2. The van der Waals surface area contributed by atoms with Gasteiger partial charge in [0.25, 0.3) is 0 Å². The smallest absolute Gasteiger partial charge is 0.144 e. The molecule has 0 fully saturated rings. The van der Waals surface area contributed by atoms with Crippen molar-refractivity contribution in [1.82, 2.24) is 0 Å². The Morgan fingerprint density at radius 3 is 2.55 bits per heavy atom. The molecule has 4 heteroatoms. The summed E-state index contributed by atoms with van der Waals surface area (Å²) in [5, 5.41) is 9.81. The van der Waals surface area contributed by atoms with Gasteiger partial charge in [-0.05, 0) is 42.8 Å². The number of methoxy groups -OCH3 is 2. The summed E-state index contributed by atoms with van der Waals surface area (Å²) in [7, 11) is 3.18. The number of hydrogen-bond donors (Lipinski definition) is 1. The summed E-state index contributed by atoms with van der Waals surface area (Å²) in [5.74, 6) is 1.51. The molecule has 104 valence electrons. The monoisotopic (exact) mass is 271 g/mol. The fraction of sp³-hybridized carbons (Fsp3) is 0.188. The van der Waals surface area contributed by atoms with E-state index in [9.17, 15) is 5.11 Å². The normalized spacial score (nSPS) is 10.8. The van der Waals surface area contributed by atoms with Gasteiger partial charge in [-0.1, -0.05) is 6.07 Å². The average Bonchev–Trinajstić information content (AvgIpc) is 2.46. The Morgan fingerprint density at radius 1 is 1.05 bits per heavy atom. The van der Waals surface area contributed by atoms with Gasteiger partial charge in [0.2, 0.25) is 0 Å². The summed E-state index contributed by atoms with van der Waals surface area (Å²) >= 11 is 0. The van der Waals surface area contributed by atoms with Crippen LogP contribution in [0.4, 0.5) is 5.69 Å². The van der Waals surface area contributed by atoms with E-state index in [4.69, 9.17) is 9.47 Å². The van der Waals surface area contributed by atoms with Crippen molar-refractivity contribution in [2.75, 3.05) is 14.2 Å². The SMILES string of the molecule is COc1ccc(O)c(C=Nc2cc(C)ccc2OC)c1. The molecule has 1 N–H and O–H groups in total. The van der Waals surface area contributed by atoms with Crippen LogP contribution in [0.3, 0.4) is 0 Å². The Hall–Kier alpha value is -2.49. The zero-order valence-corrected chi connectivity index (χ0v) is 11.8. The molecule has 0 unspecified atom stereocenters. The minimum Gasteiger partial charge on any atom is -0.507 e. The molecule has 0 aliphatic carbocycles. The first-order chi connectivity index (χ1) is 9.63. The van der Waals surface area contributed by atoms with E-state index in [1.807, 2.05) is 25.1 Å². The molecule has 0 saturated heterocycles. The minimum atomic E-state index is 0.154. The summed E-state index contributed by atoms with van der Waals surface area (Å²) in [6.45, 7) is 1.99. The molecule has 0 atom stereocenters. The number of rotatable bonds is 4. The molecular formula is C16H17NO3. The van der Waals surface area contributed by atoms with Crippen molar-refractivity contribution in [2.24, 2.45) is 4.99 Å². The minimum absolute atomic E-state index is 0.154. The molecule has 0 heterocycles. The fourth-order valence-corrected chi connectivity index (χ4v) is 1.80. The van der Waals surface area contributed by atoms with Gasteiger partial charge in [0.1, 0.15) is 22.9 Å². The van der Waals surface area contributed by atoms with E-state index >= 15 is 0 Å². The Kier molecular flexibility index (Phi) is 4.25. The third kappa shape index (κ3) is 3.09. The predicted octanol–water partition coefficient (Wildman–Crippen LogP) is 3.47. The number of benzene rings is 2. The van der Waals surface area contributed by atoms with E-state index in [1.54, 1.807) is 38.6 Å². The molecule has 0 aliphatic heterocycles. The highest BCUT2D eigenvalue weighted by molar-refractivity contribution is 5.86. The Labute approximate surface area is 118 Å². The lowest BCUT2D eigenvalue weighted by molar-refractivity contribution is 0.412. The first-order valence-electron chi connectivity index (χ1n) is 6.19. The molecule has 0 bridgehead atoms. The zero-order chi connectivity index (χ0) is 14.5. The second-order valence-electron chi connectivity index (χ2n) is 4.36. The van der Waals surface area contributed by atoms with Crippen LogP contribution in [0.2, 0.25) is 0 Å². The summed E-state index contributed by atoms with van der Waals surface area (Å²) in [5.41, 5.74) is 2.40. The topological polar surface area (TPSA) is 51.0 Å². The Balaban J connectivity index is 2.36. The second kappa shape index (κ2) is 6.10. The molecule has 4 nitrogen and oxygen atoms in total. The van der Waals surface area contributed by atoms with E-state index in [1.165, 1.54) is 0 Å². The van der Waals surface area contributed by atoms with E-state index in [-0.39, 0.29) is 5.75 Å². The van der Waals surface area contributed by atoms with Gasteiger partial charge < -0.3 is 14.6 Å². The molecule has 2 rings (SSSR count). The van der Waals surface area contributed by atoms with Gasteiger partial charge in [-0.3, -0.25) is 4.99 Å². The number of hydrogen-bond acceptors (Lipinski definition) is 4. The highest BCUT2D eigenvalue weighted by atomic mass is 16.5. The highest BCUT2D eigenvalue weighted by Crippen LogP contribution is 2.29. The molecule has 0 radical (unpaired) electrons. The molecule has 2 aromatic carbocycles. The van der Waals surface area contributed by atoms with Gasteiger partial charge in [0.15, 0.2) is 0 Å². The molecular weight excluding hydrogens is 254 g/mol. The second-order valence-corrected chi connectivity index (χ2v) is 4.36. The van der Waals surface area contributed by atoms with Crippen LogP contribution in [0, 0.1) is 6.92 Å². The van der Waals surface area contributed by atoms with Crippen molar-refractivity contribution in [3.63, 3.8) is 0 Å². The number of phenols is 1. The van der Waals surface area contributed by atoms with Crippen LogP contribution in [0.25, 0.3) is 0 Å². The van der Waals surface area contributed by atoms with Gasteiger partial charge in [-0.15, -0.1) is 0 Å². The van der Waals surface area contributed by atoms with Crippen molar-refractivity contribution in [1.29, 1.82) is 0 Å². The van der Waals surface area contributed by atoms with Crippen LogP contribution in [0.15, 0.2) is 41.4 Å². The maximum absolute atomic E-state index is 9.81.